The standard InChI is InChI=1S/C22H28O6/c1-3-9-25-13-19(23)15-27-21-7-5-18-12-22(8-6-17(18)11-21)28-16-20(24)14-26-10-4-2/h3-8,11-12,19-20,23-24H,1-2,9-10,13-16H2. The van der Waals surface area contributed by atoms with Crippen LogP contribution < -0.4 is 9.47 Å². The van der Waals surface area contributed by atoms with Crippen LogP contribution >= 0.6 is 0 Å². The largest absolute Gasteiger partial charge is 0.491 e. The molecule has 2 aromatic carbocycles. The highest BCUT2D eigenvalue weighted by molar-refractivity contribution is 5.85. The Hall–Kier alpha value is -2.38. The van der Waals surface area contributed by atoms with E-state index < -0.39 is 12.2 Å². The van der Waals surface area contributed by atoms with Gasteiger partial charge < -0.3 is 29.2 Å². The predicted octanol–water partition coefficient (Wildman–Crippen LogP) is 2.72. The monoisotopic (exact) mass is 388 g/mol. The van der Waals surface area contributed by atoms with E-state index in [1.807, 2.05) is 36.4 Å². The van der Waals surface area contributed by atoms with Gasteiger partial charge in [-0.15, -0.1) is 13.2 Å². The summed E-state index contributed by atoms with van der Waals surface area (Å²) >= 11 is 0. The van der Waals surface area contributed by atoms with Crippen molar-refractivity contribution in [3.63, 3.8) is 0 Å². The average molecular weight is 388 g/mol. The molecular weight excluding hydrogens is 360 g/mol. The Bertz CT molecular complexity index is 682. The summed E-state index contributed by atoms with van der Waals surface area (Å²) in [5, 5.41) is 21.6. The van der Waals surface area contributed by atoms with E-state index in [2.05, 4.69) is 13.2 Å². The van der Waals surface area contributed by atoms with Crippen molar-refractivity contribution in [3.05, 3.63) is 61.7 Å². The summed E-state index contributed by atoms with van der Waals surface area (Å²) in [6.07, 6.45) is 1.86. The molecule has 2 N–H and O–H groups in total. The zero-order valence-corrected chi connectivity index (χ0v) is 16.0. The van der Waals surface area contributed by atoms with Crippen molar-refractivity contribution < 1.29 is 29.2 Å². The highest BCUT2D eigenvalue weighted by atomic mass is 16.5. The van der Waals surface area contributed by atoms with Crippen molar-refractivity contribution in [1.82, 2.24) is 0 Å². The van der Waals surface area contributed by atoms with E-state index in [9.17, 15) is 10.2 Å². The quantitative estimate of drug-likeness (QED) is 0.383. The smallest absolute Gasteiger partial charge is 0.120 e. The van der Waals surface area contributed by atoms with Crippen molar-refractivity contribution in [3.8, 4) is 11.5 Å². The summed E-state index contributed by atoms with van der Waals surface area (Å²) in [7, 11) is 0. The van der Waals surface area contributed by atoms with Gasteiger partial charge in [0.15, 0.2) is 0 Å². The Morgan fingerprint density at radius 3 is 1.54 bits per heavy atom. The first-order chi connectivity index (χ1) is 13.6. The third-order valence-electron chi connectivity index (χ3n) is 3.76. The van der Waals surface area contributed by atoms with Crippen LogP contribution in [0.4, 0.5) is 0 Å². The van der Waals surface area contributed by atoms with E-state index in [-0.39, 0.29) is 26.4 Å². The Morgan fingerprint density at radius 2 is 1.14 bits per heavy atom. The molecule has 2 aromatic rings. The summed E-state index contributed by atoms with van der Waals surface area (Å²) < 4.78 is 21.6. The first-order valence-corrected chi connectivity index (χ1v) is 9.15. The summed E-state index contributed by atoms with van der Waals surface area (Å²) in [6, 6.07) is 11.3. The van der Waals surface area contributed by atoms with E-state index in [0.29, 0.717) is 24.7 Å². The van der Waals surface area contributed by atoms with Crippen LogP contribution in [0.3, 0.4) is 0 Å². The molecule has 0 amide bonds. The third kappa shape index (κ3) is 7.70. The molecule has 0 aliphatic heterocycles. The molecule has 6 nitrogen and oxygen atoms in total. The van der Waals surface area contributed by atoms with Crippen molar-refractivity contribution in [2.24, 2.45) is 0 Å². The second-order valence-electron chi connectivity index (χ2n) is 6.25. The van der Waals surface area contributed by atoms with Crippen LogP contribution in [-0.2, 0) is 9.47 Å². The maximum Gasteiger partial charge on any atom is 0.120 e. The van der Waals surface area contributed by atoms with Crippen LogP contribution in [0, 0.1) is 0 Å². The van der Waals surface area contributed by atoms with Gasteiger partial charge in [-0.3, -0.25) is 0 Å². The molecule has 0 heterocycles. The van der Waals surface area contributed by atoms with Gasteiger partial charge in [-0.1, -0.05) is 24.3 Å². The maximum absolute atomic E-state index is 9.82. The Kier molecular flexibility index (Phi) is 9.51. The van der Waals surface area contributed by atoms with Crippen molar-refractivity contribution in [2.45, 2.75) is 12.2 Å². The second-order valence-corrected chi connectivity index (χ2v) is 6.25. The van der Waals surface area contributed by atoms with Gasteiger partial charge in [-0.25, -0.2) is 0 Å². The van der Waals surface area contributed by atoms with Gasteiger partial charge >= 0.3 is 0 Å². The van der Waals surface area contributed by atoms with Gasteiger partial charge in [0.1, 0.15) is 36.9 Å². The van der Waals surface area contributed by atoms with Crippen molar-refractivity contribution in [2.75, 3.05) is 39.6 Å². The molecular formula is C22H28O6. The minimum absolute atomic E-state index is 0.148. The highest BCUT2D eigenvalue weighted by Crippen LogP contribution is 2.25. The van der Waals surface area contributed by atoms with Gasteiger partial charge in [0, 0.05) is 0 Å². The molecule has 2 rings (SSSR count). The molecule has 2 unspecified atom stereocenters. The van der Waals surface area contributed by atoms with Crippen LogP contribution in [0.5, 0.6) is 11.5 Å². The minimum atomic E-state index is -0.701. The third-order valence-corrected chi connectivity index (χ3v) is 3.76. The lowest BCUT2D eigenvalue weighted by Crippen LogP contribution is -2.23. The van der Waals surface area contributed by atoms with Crippen LogP contribution in [-0.4, -0.2) is 62.1 Å². The van der Waals surface area contributed by atoms with Crippen molar-refractivity contribution >= 4 is 10.8 Å². The zero-order valence-electron chi connectivity index (χ0n) is 16.0. The average Bonchev–Trinajstić information content (AvgIpc) is 2.71. The van der Waals surface area contributed by atoms with E-state index in [1.54, 1.807) is 12.2 Å². The van der Waals surface area contributed by atoms with Crippen LogP contribution in [0.25, 0.3) is 10.8 Å². The number of hydrogen-bond donors (Lipinski definition) is 2. The van der Waals surface area contributed by atoms with Gasteiger partial charge in [0.05, 0.1) is 26.4 Å². The minimum Gasteiger partial charge on any atom is -0.491 e. The lowest BCUT2D eigenvalue weighted by atomic mass is 10.1. The SMILES string of the molecule is C=CCOCC(O)COc1ccc2cc(OCC(O)COCC=C)ccc2c1. The number of hydrogen-bond acceptors (Lipinski definition) is 6. The molecule has 6 heteroatoms. The van der Waals surface area contributed by atoms with E-state index in [0.717, 1.165) is 10.8 Å². The van der Waals surface area contributed by atoms with Gasteiger partial charge in [-0.05, 0) is 35.0 Å². The van der Waals surface area contributed by atoms with E-state index in [4.69, 9.17) is 18.9 Å². The zero-order chi connectivity index (χ0) is 20.2. The fraction of sp³-hybridized carbons (Fsp3) is 0.364. The molecule has 2 atom stereocenters. The summed E-state index contributed by atoms with van der Waals surface area (Å²) in [5.74, 6) is 1.33. The summed E-state index contributed by atoms with van der Waals surface area (Å²) in [6.45, 7) is 8.60. The molecule has 0 aliphatic rings. The maximum atomic E-state index is 9.82. The van der Waals surface area contributed by atoms with Gasteiger partial charge in [-0.2, -0.15) is 0 Å². The normalized spacial score (nSPS) is 13.1. The molecule has 0 saturated heterocycles. The van der Waals surface area contributed by atoms with Gasteiger partial charge in [0.25, 0.3) is 0 Å². The Balaban J connectivity index is 1.85. The Labute approximate surface area is 165 Å². The van der Waals surface area contributed by atoms with E-state index >= 15 is 0 Å². The number of fused-ring (bicyclic) bond motifs is 1. The number of rotatable bonds is 14. The Morgan fingerprint density at radius 1 is 0.714 bits per heavy atom. The van der Waals surface area contributed by atoms with Crippen molar-refractivity contribution in [1.29, 1.82) is 0 Å². The molecule has 0 saturated carbocycles. The summed E-state index contributed by atoms with van der Waals surface area (Å²) in [5.41, 5.74) is 0. The van der Waals surface area contributed by atoms with Crippen LogP contribution in [0.15, 0.2) is 61.7 Å². The molecule has 28 heavy (non-hydrogen) atoms. The molecule has 0 bridgehead atoms. The molecule has 0 aromatic heterocycles. The molecule has 0 radical (unpaired) electrons. The lowest BCUT2D eigenvalue weighted by Gasteiger charge is -2.14. The number of ether oxygens (including phenoxy) is 4. The molecule has 0 fully saturated rings. The second kappa shape index (κ2) is 12.2. The van der Waals surface area contributed by atoms with Crippen LogP contribution in [0.1, 0.15) is 0 Å². The topological polar surface area (TPSA) is 77.4 Å². The summed E-state index contributed by atoms with van der Waals surface area (Å²) in [4.78, 5) is 0. The highest BCUT2D eigenvalue weighted by Gasteiger charge is 2.08. The molecule has 0 spiro atoms. The first-order valence-electron chi connectivity index (χ1n) is 9.15. The van der Waals surface area contributed by atoms with E-state index in [1.165, 1.54) is 0 Å². The number of benzene rings is 2. The number of aliphatic hydroxyl groups excluding tert-OH is 2. The van der Waals surface area contributed by atoms with Crippen LogP contribution in [0.2, 0.25) is 0 Å². The first kappa shape index (κ1) is 21.9. The van der Waals surface area contributed by atoms with Gasteiger partial charge in [0.2, 0.25) is 0 Å². The fourth-order valence-electron chi connectivity index (χ4n) is 2.44. The number of aliphatic hydroxyl groups is 2. The predicted molar refractivity (Wildman–Crippen MR) is 109 cm³/mol. The lowest BCUT2D eigenvalue weighted by molar-refractivity contribution is 0.0213. The fourth-order valence-corrected chi connectivity index (χ4v) is 2.44. The molecule has 0 aliphatic carbocycles. The molecule has 152 valence electrons.